The van der Waals surface area contributed by atoms with E-state index in [-0.39, 0.29) is 31.4 Å². The summed E-state index contributed by atoms with van der Waals surface area (Å²) in [5, 5.41) is 25.0. The number of carbonyl (C=O) groups excluding carboxylic acids is 4. The first-order valence-corrected chi connectivity index (χ1v) is 11.1. The van der Waals surface area contributed by atoms with E-state index in [2.05, 4.69) is 38.5 Å². The molecular formula is C19H29N7O8S. The summed E-state index contributed by atoms with van der Waals surface area (Å²) in [5.41, 5.74) is 11.5. The first-order valence-electron chi connectivity index (χ1n) is 10.4. The Morgan fingerprint density at radius 3 is 1.94 bits per heavy atom. The molecule has 0 saturated heterocycles. The minimum Gasteiger partial charge on any atom is -0.481 e. The van der Waals surface area contributed by atoms with E-state index in [0.29, 0.717) is 5.69 Å². The lowest BCUT2D eigenvalue weighted by molar-refractivity contribution is -0.141. The van der Waals surface area contributed by atoms with Gasteiger partial charge in [-0.05, 0) is 12.8 Å². The smallest absolute Gasteiger partial charge is 0.327 e. The van der Waals surface area contributed by atoms with Crippen LogP contribution < -0.4 is 27.4 Å². The number of carboxylic acid groups (broad SMARTS) is 2. The number of thiol groups is 1. The van der Waals surface area contributed by atoms with Crippen molar-refractivity contribution in [3.05, 3.63) is 18.2 Å². The van der Waals surface area contributed by atoms with Crippen molar-refractivity contribution in [1.29, 1.82) is 0 Å². The van der Waals surface area contributed by atoms with Crippen LogP contribution in [0.2, 0.25) is 0 Å². The predicted octanol–water partition coefficient (Wildman–Crippen LogP) is -3.12. The molecule has 4 atom stereocenters. The molecule has 0 bridgehead atoms. The maximum Gasteiger partial charge on any atom is 0.327 e. The molecule has 1 rings (SSSR count). The molecule has 16 heteroatoms. The third-order valence-electron chi connectivity index (χ3n) is 4.72. The average Bonchev–Trinajstić information content (AvgIpc) is 3.29. The molecule has 0 aliphatic rings. The van der Waals surface area contributed by atoms with Gasteiger partial charge in [0.15, 0.2) is 0 Å². The van der Waals surface area contributed by atoms with Crippen LogP contribution in [0.5, 0.6) is 0 Å². The number of aromatic amines is 1. The van der Waals surface area contributed by atoms with E-state index in [4.69, 9.17) is 21.7 Å². The molecule has 194 valence electrons. The number of carboxylic acids is 2. The Labute approximate surface area is 205 Å². The van der Waals surface area contributed by atoms with Gasteiger partial charge in [-0.3, -0.25) is 24.0 Å². The Balaban J connectivity index is 2.97. The van der Waals surface area contributed by atoms with E-state index in [1.165, 1.54) is 12.5 Å². The van der Waals surface area contributed by atoms with Gasteiger partial charge in [-0.2, -0.15) is 12.6 Å². The number of hydrogen-bond acceptors (Lipinski definition) is 9. The van der Waals surface area contributed by atoms with E-state index < -0.39 is 66.2 Å². The van der Waals surface area contributed by atoms with Crippen LogP contribution in [0.15, 0.2) is 12.5 Å². The number of aromatic nitrogens is 2. The zero-order valence-corrected chi connectivity index (χ0v) is 19.5. The first kappa shape index (κ1) is 29.4. The van der Waals surface area contributed by atoms with E-state index in [9.17, 15) is 28.8 Å². The summed E-state index contributed by atoms with van der Waals surface area (Å²) in [5.74, 6) is -6.25. The van der Waals surface area contributed by atoms with Gasteiger partial charge in [-0.1, -0.05) is 0 Å². The molecule has 0 aliphatic heterocycles. The molecule has 0 radical (unpaired) electrons. The molecule has 15 nitrogen and oxygen atoms in total. The largest absolute Gasteiger partial charge is 0.481 e. The number of carbonyl (C=O) groups is 6. The molecule has 0 aromatic carbocycles. The number of primary amides is 1. The lowest BCUT2D eigenvalue weighted by atomic mass is 10.1. The number of nitrogens with one attached hydrogen (secondary N) is 4. The van der Waals surface area contributed by atoms with Gasteiger partial charge in [0.2, 0.25) is 23.6 Å². The summed E-state index contributed by atoms with van der Waals surface area (Å²) in [4.78, 5) is 77.9. The molecule has 4 unspecified atom stereocenters. The average molecular weight is 516 g/mol. The van der Waals surface area contributed by atoms with Crippen molar-refractivity contribution in [3.63, 3.8) is 0 Å². The zero-order valence-electron chi connectivity index (χ0n) is 18.6. The standard InChI is InChI=1S/C19H29N7O8S/c20-10(5-9-6-22-8-23-9)16(30)24-12(2-4-15(28)29)17(31)25-11(1-3-14(21)27)18(32)26-13(7-35)19(33)34/h6,8,10-13,35H,1-5,7,20H2,(H2,21,27)(H,22,23)(H,24,30)(H,25,31)(H,26,32)(H,28,29)(H,33,34). The molecular weight excluding hydrogens is 486 g/mol. The summed E-state index contributed by atoms with van der Waals surface area (Å²) in [6.45, 7) is 0. The van der Waals surface area contributed by atoms with Crippen LogP contribution in [-0.4, -0.2) is 85.7 Å². The highest BCUT2D eigenvalue weighted by Gasteiger charge is 2.30. The van der Waals surface area contributed by atoms with Crippen LogP contribution in [0.4, 0.5) is 0 Å². The van der Waals surface area contributed by atoms with Crippen molar-refractivity contribution < 1.29 is 39.0 Å². The van der Waals surface area contributed by atoms with Gasteiger partial charge in [0, 0.05) is 36.9 Å². The van der Waals surface area contributed by atoms with Gasteiger partial charge in [0.1, 0.15) is 18.1 Å². The summed E-state index contributed by atoms with van der Waals surface area (Å²) >= 11 is 3.84. The molecule has 0 saturated carbocycles. The van der Waals surface area contributed by atoms with Gasteiger partial charge in [-0.25, -0.2) is 9.78 Å². The Hall–Kier alpha value is -3.66. The highest BCUT2D eigenvalue weighted by atomic mass is 32.1. The highest BCUT2D eigenvalue weighted by Crippen LogP contribution is 2.05. The van der Waals surface area contributed by atoms with Crippen LogP contribution in [0.25, 0.3) is 0 Å². The number of hydrogen-bond donors (Lipinski definition) is 9. The number of nitrogens with two attached hydrogens (primary N) is 2. The summed E-state index contributed by atoms with van der Waals surface area (Å²) in [7, 11) is 0. The van der Waals surface area contributed by atoms with E-state index in [0.717, 1.165) is 0 Å². The molecule has 1 aromatic heterocycles. The number of nitrogens with zero attached hydrogens (tertiary/aromatic N) is 1. The van der Waals surface area contributed by atoms with Crippen LogP contribution >= 0.6 is 12.6 Å². The number of amides is 4. The minimum absolute atomic E-state index is 0.0586. The lowest BCUT2D eigenvalue weighted by Crippen LogP contribution is -2.57. The Morgan fingerprint density at radius 1 is 0.943 bits per heavy atom. The lowest BCUT2D eigenvalue weighted by Gasteiger charge is -2.24. The predicted molar refractivity (Wildman–Crippen MR) is 123 cm³/mol. The fraction of sp³-hybridized carbons (Fsp3) is 0.526. The van der Waals surface area contributed by atoms with Crippen molar-refractivity contribution in [3.8, 4) is 0 Å². The molecule has 0 spiro atoms. The number of H-pyrrole nitrogens is 1. The summed E-state index contributed by atoms with van der Waals surface area (Å²) < 4.78 is 0. The molecule has 35 heavy (non-hydrogen) atoms. The first-order chi connectivity index (χ1) is 16.4. The van der Waals surface area contributed by atoms with Gasteiger partial charge in [0.25, 0.3) is 0 Å². The van der Waals surface area contributed by atoms with Crippen LogP contribution in [0.1, 0.15) is 31.4 Å². The Bertz CT molecular complexity index is 911. The van der Waals surface area contributed by atoms with Gasteiger partial charge in [-0.15, -0.1) is 0 Å². The van der Waals surface area contributed by atoms with Crippen LogP contribution in [0, 0.1) is 0 Å². The van der Waals surface area contributed by atoms with Crippen LogP contribution in [0.3, 0.4) is 0 Å². The molecule has 10 N–H and O–H groups in total. The Kier molecular flexibility index (Phi) is 12.2. The van der Waals surface area contributed by atoms with Crippen molar-refractivity contribution >= 4 is 48.2 Å². The SMILES string of the molecule is NC(=O)CCC(NC(=O)C(CCC(=O)O)NC(=O)C(N)Cc1cnc[nH]1)C(=O)NC(CS)C(=O)O. The highest BCUT2D eigenvalue weighted by molar-refractivity contribution is 7.80. The third-order valence-corrected chi connectivity index (χ3v) is 5.09. The fourth-order valence-electron chi connectivity index (χ4n) is 2.83. The molecule has 0 fully saturated rings. The normalized spacial score (nSPS) is 14.1. The molecule has 0 aliphatic carbocycles. The van der Waals surface area contributed by atoms with Crippen molar-refractivity contribution in [1.82, 2.24) is 25.9 Å². The van der Waals surface area contributed by atoms with Gasteiger partial charge < -0.3 is 42.6 Å². The van der Waals surface area contributed by atoms with Crippen molar-refractivity contribution in [2.75, 3.05) is 5.75 Å². The second kappa shape index (κ2) is 14.6. The van der Waals surface area contributed by atoms with Crippen molar-refractivity contribution in [2.45, 2.75) is 56.3 Å². The molecule has 4 amide bonds. The maximum atomic E-state index is 12.9. The van der Waals surface area contributed by atoms with Gasteiger partial charge >= 0.3 is 11.9 Å². The second-order valence-corrected chi connectivity index (χ2v) is 7.89. The second-order valence-electron chi connectivity index (χ2n) is 7.53. The molecule has 1 aromatic rings. The summed E-state index contributed by atoms with van der Waals surface area (Å²) in [6.07, 6.45) is 1.49. The number of rotatable bonds is 16. The van der Waals surface area contributed by atoms with E-state index >= 15 is 0 Å². The third kappa shape index (κ3) is 10.9. The van der Waals surface area contributed by atoms with Gasteiger partial charge in [0.05, 0.1) is 12.4 Å². The minimum atomic E-state index is -1.40. The maximum absolute atomic E-state index is 12.9. The monoisotopic (exact) mass is 515 g/mol. The summed E-state index contributed by atoms with van der Waals surface area (Å²) in [6, 6.07) is -5.27. The van der Waals surface area contributed by atoms with E-state index in [1.54, 1.807) is 0 Å². The van der Waals surface area contributed by atoms with Crippen molar-refractivity contribution in [2.24, 2.45) is 11.5 Å². The van der Waals surface area contributed by atoms with E-state index in [1.807, 2.05) is 0 Å². The topological polar surface area (TPSA) is 260 Å². The quantitative estimate of drug-likeness (QED) is 0.1000. The van der Waals surface area contributed by atoms with Crippen LogP contribution in [-0.2, 0) is 35.2 Å². The Morgan fingerprint density at radius 2 is 1.49 bits per heavy atom. The zero-order chi connectivity index (χ0) is 26.5. The fourth-order valence-corrected chi connectivity index (χ4v) is 3.07. The number of aliphatic carboxylic acids is 2. The molecule has 1 heterocycles. The number of imidazole rings is 1.